The Bertz CT molecular complexity index is 729. The molecule has 0 saturated heterocycles. The molecule has 2 aromatic rings. The molecular formula is C19H20BrFN2O. The van der Waals surface area contributed by atoms with Crippen molar-refractivity contribution in [3.63, 3.8) is 0 Å². The number of benzene rings is 2. The molecule has 0 radical (unpaired) electrons. The van der Waals surface area contributed by atoms with Gasteiger partial charge in [-0.15, -0.1) is 0 Å². The third-order valence-electron chi connectivity index (χ3n) is 4.22. The minimum absolute atomic E-state index is 0.121. The van der Waals surface area contributed by atoms with Gasteiger partial charge in [0.15, 0.2) is 0 Å². The van der Waals surface area contributed by atoms with E-state index in [1.807, 2.05) is 24.3 Å². The van der Waals surface area contributed by atoms with Crippen LogP contribution in [0.2, 0.25) is 0 Å². The van der Waals surface area contributed by atoms with Crippen molar-refractivity contribution in [1.82, 2.24) is 5.32 Å². The standard InChI is InChI=1S/C19H20BrFN2O/c1-12(22-11-13-2-9-18(21)17(20)10-13)14-5-7-16(8-6-14)23-19(24)15-3-4-15/h2,5-10,12,15,22H,3-4,11H2,1H3,(H,23,24)/t12-/m0/s1. The highest BCUT2D eigenvalue weighted by Crippen LogP contribution is 2.30. The van der Waals surface area contributed by atoms with Crippen LogP contribution in [0.15, 0.2) is 46.9 Å². The maximum absolute atomic E-state index is 13.2. The molecule has 1 aliphatic carbocycles. The van der Waals surface area contributed by atoms with Gasteiger partial charge >= 0.3 is 0 Å². The van der Waals surface area contributed by atoms with Crippen molar-refractivity contribution in [3.05, 3.63) is 63.9 Å². The lowest BCUT2D eigenvalue weighted by Crippen LogP contribution is -2.18. The molecule has 5 heteroatoms. The summed E-state index contributed by atoms with van der Waals surface area (Å²) in [5.74, 6) is 0.0757. The lowest BCUT2D eigenvalue weighted by molar-refractivity contribution is -0.117. The fourth-order valence-corrected chi connectivity index (χ4v) is 2.91. The number of anilines is 1. The minimum atomic E-state index is -0.254. The summed E-state index contributed by atoms with van der Waals surface area (Å²) in [6, 6.07) is 13.1. The molecule has 2 N–H and O–H groups in total. The summed E-state index contributed by atoms with van der Waals surface area (Å²) >= 11 is 3.20. The van der Waals surface area contributed by atoms with Crippen molar-refractivity contribution in [2.24, 2.45) is 5.92 Å². The maximum atomic E-state index is 13.2. The van der Waals surface area contributed by atoms with Crippen LogP contribution in [0.4, 0.5) is 10.1 Å². The Labute approximate surface area is 149 Å². The SMILES string of the molecule is C[C@H](NCc1ccc(F)c(Br)c1)c1ccc(NC(=O)C2CC2)cc1. The number of amides is 1. The molecule has 3 nitrogen and oxygen atoms in total. The fraction of sp³-hybridized carbons (Fsp3) is 0.316. The summed E-state index contributed by atoms with van der Waals surface area (Å²) in [5.41, 5.74) is 2.99. The molecule has 1 amide bonds. The number of hydrogen-bond donors (Lipinski definition) is 2. The lowest BCUT2D eigenvalue weighted by Gasteiger charge is -2.15. The molecule has 0 unspecified atom stereocenters. The Kier molecular flexibility index (Phi) is 5.31. The first-order chi connectivity index (χ1) is 11.5. The molecule has 1 atom stereocenters. The second kappa shape index (κ2) is 7.45. The molecule has 1 saturated carbocycles. The second-order valence-corrected chi connectivity index (χ2v) is 7.09. The van der Waals surface area contributed by atoms with Crippen LogP contribution in [0.1, 0.15) is 36.9 Å². The highest BCUT2D eigenvalue weighted by Gasteiger charge is 2.29. The van der Waals surface area contributed by atoms with E-state index in [2.05, 4.69) is 33.5 Å². The van der Waals surface area contributed by atoms with Crippen LogP contribution >= 0.6 is 15.9 Å². The molecule has 1 fully saturated rings. The smallest absolute Gasteiger partial charge is 0.227 e. The van der Waals surface area contributed by atoms with Crippen molar-refractivity contribution in [3.8, 4) is 0 Å². The quantitative estimate of drug-likeness (QED) is 0.744. The number of hydrogen-bond acceptors (Lipinski definition) is 2. The Morgan fingerprint density at radius 2 is 1.96 bits per heavy atom. The van der Waals surface area contributed by atoms with Gasteiger partial charge in [-0.05, 0) is 71.1 Å². The molecule has 3 rings (SSSR count). The number of nitrogens with one attached hydrogen (secondary N) is 2. The van der Waals surface area contributed by atoms with Gasteiger partial charge in [-0.25, -0.2) is 4.39 Å². The number of rotatable bonds is 6. The summed E-state index contributed by atoms with van der Waals surface area (Å²) in [7, 11) is 0. The normalized spacial score (nSPS) is 15.1. The van der Waals surface area contributed by atoms with Gasteiger partial charge in [-0.1, -0.05) is 18.2 Å². The molecule has 2 aromatic carbocycles. The summed E-state index contributed by atoms with van der Waals surface area (Å²) in [5, 5.41) is 6.36. The van der Waals surface area contributed by atoms with E-state index < -0.39 is 0 Å². The lowest BCUT2D eigenvalue weighted by atomic mass is 10.1. The number of carbonyl (C=O) groups excluding carboxylic acids is 1. The first-order valence-corrected chi connectivity index (χ1v) is 8.90. The molecule has 0 aromatic heterocycles. The average Bonchev–Trinajstić information content (AvgIpc) is 3.41. The Hall–Kier alpha value is -1.72. The van der Waals surface area contributed by atoms with Gasteiger partial charge < -0.3 is 10.6 Å². The first-order valence-electron chi connectivity index (χ1n) is 8.11. The third-order valence-corrected chi connectivity index (χ3v) is 4.83. The van der Waals surface area contributed by atoms with Crippen molar-refractivity contribution in [1.29, 1.82) is 0 Å². The van der Waals surface area contributed by atoms with Crippen molar-refractivity contribution < 1.29 is 9.18 Å². The third kappa shape index (κ3) is 4.42. The van der Waals surface area contributed by atoms with E-state index in [1.165, 1.54) is 6.07 Å². The van der Waals surface area contributed by atoms with E-state index in [4.69, 9.17) is 0 Å². The Balaban J connectivity index is 1.55. The van der Waals surface area contributed by atoms with Crippen LogP contribution in [0, 0.1) is 11.7 Å². The van der Waals surface area contributed by atoms with Gasteiger partial charge in [-0.2, -0.15) is 0 Å². The summed E-state index contributed by atoms with van der Waals surface area (Å²) in [6.07, 6.45) is 2.01. The summed E-state index contributed by atoms with van der Waals surface area (Å²) in [4.78, 5) is 11.8. The van der Waals surface area contributed by atoms with E-state index in [0.29, 0.717) is 11.0 Å². The van der Waals surface area contributed by atoms with E-state index in [0.717, 1.165) is 29.7 Å². The Morgan fingerprint density at radius 1 is 1.25 bits per heavy atom. The van der Waals surface area contributed by atoms with Gasteiger partial charge in [0.1, 0.15) is 5.82 Å². The monoisotopic (exact) mass is 390 g/mol. The van der Waals surface area contributed by atoms with Crippen LogP contribution in [-0.2, 0) is 11.3 Å². The van der Waals surface area contributed by atoms with Crippen LogP contribution < -0.4 is 10.6 Å². The van der Waals surface area contributed by atoms with E-state index in [-0.39, 0.29) is 23.7 Å². The molecule has 0 spiro atoms. The zero-order chi connectivity index (χ0) is 17.1. The molecule has 0 bridgehead atoms. The summed E-state index contributed by atoms with van der Waals surface area (Å²) < 4.78 is 13.7. The molecular weight excluding hydrogens is 371 g/mol. The van der Waals surface area contributed by atoms with Crippen molar-refractivity contribution >= 4 is 27.5 Å². The van der Waals surface area contributed by atoms with Gasteiger partial charge in [-0.3, -0.25) is 4.79 Å². The van der Waals surface area contributed by atoms with Crippen molar-refractivity contribution in [2.45, 2.75) is 32.4 Å². The highest BCUT2D eigenvalue weighted by atomic mass is 79.9. The van der Waals surface area contributed by atoms with Crippen molar-refractivity contribution in [2.75, 3.05) is 5.32 Å². The minimum Gasteiger partial charge on any atom is -0.326 e. The molecule has 1 aliphatic rings. The van der Waals surface area contributed by atoms with Gasteiger partial charge in [0.05, 0.1) is 4.47 Å². The van der Waals surface area contributed by atoms with Gasteiger partial charge in [0, 0.05) is 24.2 Å². The Morgan fingerprint density at radius 3 is 2.58 bits per heavy atom. The molecule has 24 heavy (non-hydrogen) atoms. The zero-order valence-electron chi connectivity index (χ0n) is 13.5. The summed E-state index contributed by atoms with van der Waals surface area (Å²) in [6.45, 7) is 2.73. The van der Waals surface area contributed by atoms with Gasteiger partial charge in [0.25, 0.3) is 0 Å². The zero-order valence-corrected chi connectivity index (χ0v) is 15.1. The number of halogens is 2. The predicted molar refractivity (Wildman–Crippen MR) is 97.2 cm³/mol. The van der Waals surface area contributed by atoms with Crippen LogP contribution in [0.5, 0.6) is 0 Å². The fourth-order valence-electron chi connectivity index (χ4n) is 2.48. The largest absolute Gasteiger partial charge is 0.326 e. The van der Waals surface area contributed by atoms with Crippen LogP contribution in [0.3, 0.4) is 0 Å². The average molecular weight is 391 g/mol. The molecule has 0 heterocycles. The van der Waals surface area contributed by atoms with E-state index in [9.17, 15) is 9.18 Å². The van der Waals surface area contributed by atoms with Gasteiger partial charge in [0.2, 0.25) is 5.91 Å². The predicted octanol–water partition coefficient (Wildman–Crippen LogP) is 4.79. The van der Waals surface area contributed by atoms with Crippen LogP contribution in [-0.4, -0.2) is 5.91 Å². The van der Waals surface area contributed by atoms with Crippen LogP contribution in [0.25, 0.3) is 0 Å². The van der Waals surface area contributed by atoms with E-state index >= 15 is 0 Å². The van der Waals surface area contributed by atoms with E-state index in [1.54, 1.807) is 12.1 Å². The number of carbonyl (C=O) groups is 1. The first kappa shape index (κ1) is 17.1. The highest BCUT2D eigenvalue weighted by molar-refractivity contribution is 9.10. The molecule has 0 aliphatic heterocycles. The topological polar surface area (TPSA) is 41.1 Å². The second-order valence-electron chi connectivity index (χ2n) is 6.24. The molecule has 126 valence electrons. The maximum Gasteiger partial charge on any atom is 0.227 e.